The van der Waals surface area contributed by atoms with Crippen molar-refractivity contribution in [2.24, 2.45) is 0 Å². The fraction of sp³-hybridized carbons (Fsp3) is 0.500. The Kier molecular flexibility index (Phi) is 4.25. The van der Waals surface area contributed by atoms with E-state index in [0.717, 1.165) is 30.0 Å². The number of benzene rings is 1. The maximum Gasteiger partial charge on any atom is 0.240 e. The molecular formula is C14H19ClN2O. The van der Waals surface area contributed by atoms with Gasteiger partial charge in [-0.05, 0) is 44.6 Å². The van der Waals surface area contributed by atoms with Gasteiger partial charge in [0, 0.05) is 18.1 Å². The number of likely N-dealkylation sites (tertiary alicyclic amines) is 1. The third-order valence-corrected chi connectivity index (χ3v) is 3.66. The number of halogens is 1. The molecule has 0 unspecified atom stereocenters. The Labute approximate surface area is 113 Å². The minimum Gasteiger partial charge on any atom is -0.337 e. The van der Waals surface area contributed by atoms with E-state index in [2.05, 4.69) is 0 Å². The lowest BCUT2D eigenvalue weighted by atomic mass is 10.0. The Morgan fingerprint density at radius 2 is 2.00 bits per heavy atom. The highest BCUT2D eigenvalue weighted by Gasteiger charge is 2.29. The first-order valence-corrected chi connectivity index (χ1v) is 6.65. The highest BCUT2D eigenvalue weighted by Crippen LogP contribution is 2.18. The molecule has 18 heavy (non-hydrogen) atoms. The monoisotopic (exact) mass is 266 g/mol. The van der Waals surface area contributed by atoms with E-state index >= 15 is 0 Å². The standard InChI is InChI=1S/C14H19ClN2O/c1-16(2)13-4-3-9-17(14(13)18)10-11-5-7-12(15)8-6-11/h5-8,13H,3-4,9-10H2,1-2H3/t13-/m1/s1. The van der Waals surface area contributed by atoms with Gasteiger partial charge in [-0.25, -0.2) is 0 Å². The van der Waals surface area contributed by atoms with E-state index in [9.17, 15) is 4.79 Å². The van der Waals surface area contributed by atoms with Crippen LogP contribution in [0, 0.1) is 0 Å². The Morgan fingerprint density at radius 1 is 1.33 bits per heavy atom. The van der Waals surface area contributed by atoms with Crippen LogP contribution in [-0.4, -0.2) is 42.4 Å². The van der Waals surface area contributed by atoms with Crippen LogP contribution in [0.1, 0.15) is 18.4 Å². The molecule has 0 saturated carbocycles. The molecule has 98 valence electrons. The molecular weight excluding hydrogens is 248 g/mol. The molecule has 1 amide bonds. The van der Waals surface area contributed by atoms with Crippen LogP contribution >= 0.6 is 11.6 Å². The minimum atomic E-state index is 0.0334. The number of carbonyl (C=O) groups is 1. The maximum atomic E-state index is 12.3. The van der Waals surface area contributed by atoms with E-state index in [1.807, 2.05) is 48.2 Å². The SMILES string of the molecule is CN(C)[C@@H]1CCCN(Cc2ccc(Cl)cc2)C1=O. The highest BCUT2D eigenvalue weighted by atomic mass is 35.5. The summed E-state index contributed by atoms with van der Waals surface area (Å²) in [5.74, 6) is 0.237. The number of likely N-dealkylation sites (N-methyl/N-ethyl adjacent to an activating group) is 1. The second kappa shape index (κ2) is 5.72. The van der Waals surface area contributed by atoms with Crippen molar-refractivity contribution in [3.63, 3.8) is 0 Å². The van der Waals surface area contributed by atoms with Crippen LogP contribution in [0.25, 0.3) is 0 Å². The zero-order valence-electron chi connectivity index (χ0n) is 10.9. The molecule has 0 spiro atoms. The summed E-state index contributed by atoms with van der Waals surface area (Å²) >= 11 is 5.86. The lowest BCUT2D eigenvalue weighted by molar-refractivity contribution is -0.139. The molecule has 0 aromatic heterocycles. The van der Waals surface area contributed by atoms with E-state index in [0.29, 0.717) is 6.54 Å². The Morgan fingerprint density at radius 3 is 2.61 bits per heavy atom. The number of carbonyl (C=O) groups excluding carboxylic acids is 1. The third kappa shape index (κ3) is 3.03. The number of piperidine rings is 1. The van der Waals surface area contributed by atoms with Crippen LogP contribution in [-0.2, 0) is 11.3 Å². The second-order valence-electron chi connectivity index (χ2n) is 5.01. The summed E-state index contributed by atoms with van der Waals surface area (Å²) in [7, 11) is 3.93. The molecule has 0 radical (unpaired) electrons. The van der Waals surface area contributed by atoms with Crippen molar-refractivity contribution < 1.29 is 4.79 Å². The lowest BCUT2D eigenvalue weighted by Gasteiger charge is -2.35. The zero-order valence-corrected chi connectivity index (χ0v) is 11.7. The lowest BCUT2D eigenvalue weighted by Crippen LogP contribution is -2.49. The van der Waals surface area contributed by atoms with Gasteiger partial charge in [-0.3, -0.25) is 9.69 Å². The molecule has 0 bridgehead atoms. The van der Waals surface area contributed by atoms with E-state index in [1.165, 1.54) is 0 Å². The van der Waals surface area contributed by atoms with Gasteiger partial charge >= 0.3 is 0 Å². The van der Waals surface area contributed by atoms with Crippen LogP contribution in [0.3, 0.4) is 0 Å². The van der Waals surface area contributed by atoms with Gasteiger partial charge in [-0.1, -0.05) is 23.7 Å². The summed E-state index contributed by atoms with van der Waals surface area (Å²) in [6.07, 6.45) is 2.03. The van der Waals surface area contributed by atoms with Gasteiger partial charge in [0.25, 0.3) is 0 Å². The molecule has 1 aliphatic rings. The molecule has 0 N–H and O–H groups in total. The number of hydrogen-bond acceptors (Lipinski definition) is 2. The first kappa shape index (κ1) is 13.4. The Bertz CT molecular complexity index is 416. The van der Waals surface area contributed by atoms with E-state index in [4.69, 9.17) is 11.6 Å². The van der Waals surface area contributed by atoms with E-state index in [1.54, 1.807) is 0 Å². The van der Waals surface area contributed by atoms with Crippen molar-refractivity contribution in [3.05, 3.63) is 34.9 Å². The normalized spacial score (nSPS) is 20.6. The van der Waals surface area contributed by atoms with Crippen LogP contribution in [0.15, 0.2) is 24.3 Å². The summed E-state index contributed by atoms with van der Waals surface area (Å²) < 4.78 is 0. The Hall–Kier alpha value is -1.06. The molecule has 2 rings (SSSR count). The number of rotatable bonds is 3. The predicted octanol–water partition coefficient (Wildman–Crippen LogP) is 2.39. The van der Waals surface area contributed by atoms with Crippen LogP contribution < -0.4 is 0 Å². The van der Waals surface area contributed by atoms with Gasteiger partial charge in [0.15, 0.2) is 0 Å². The van der Waals surface area contributed by atoms with Gasteiger partial charge in [0.1, 0.15) is 0 Å². The summed E-state index contributed by atoms with van der Waals surface area (Å²) in [6.45, 7) is 1.53. The van der Waals surface area contributed by atoms with Gasteiger partial charge in [0.05, 0.1) is 6.04 Å². The first-order chi connectivity index (χ1) is 8.58. The van der Waals surface area contributed by atoms with Crippen molar-refractivity contribution in [2.45, 2.75) is 25.4 Å². The topological polar surface area (TPSA) is 23.6 Å². The summed E-state index contributed by atoms with van der Waals surface area (Å²) in [5, 5.41) is 0.731. The average Bonchev–Trinajstić information content (AvgIpc) is 2.34. The largest absolute Gasteiger partial charge is 0.337 e. The summed E-state index contributed by atoms with van der Waals surface area (Å²) in [6, 6.07) is 7.74. The zero-order chi connectivity index (χ0) is 13.1. The molecule has 1 aliphatic heterocycles. The van der Waals surface area contributed by atoms with Crippen molar-refractivity contribution in [1.82, 2.24) is 9.80 Å². The smallest absolute Gasteiger partial charge is 0.240 e. The molecule has 1 fully saturated rings. The van der Waals surface area contributed by atoms with E-state index < -0.39 is 0 Å². The molecule has 1 saturated heterocycles. The molecule has 1 aromatic rings. The van der Waals surface area contributed by atoms with Gasteiger partial charge in [-0.15, -0.1) is 0 Å². The predicted molar refractivity (Wildman–Crippen MR) is 73.6 cm³/mol. The van der Waals surface area contributed by atoms with Crippen LogP contribution in [0.2, 0.25) is 5.02 Å². The van der Waals surface area contributed by atoms with Crippen molar-refractivity contribution in [1.29, 1.82) is 0 Å². The quantitative estimate of drug-likeness (QED) is 0.839. The summed E-state index contributed by atoms with van der Waals surface area (Å²) in [5.41, 5.74) is 1.13. The highest BCUT2D eigenvalue weighted by molar-refractivity contribution is 6.30. The summed E-state index contributed by atoms with van der Waals surface area (Å²) in [4.78, 5) is 16.2. The molecule has 1 aromatic carbocycles. The first-order valence-electron chi connectivity index (χ1n) is 6.27. The fourth-order valence-electron chi connectivity index (χ4n) is 2.37. The molecule has 1 atom stereocenters. The second-order valence-corrected chi connectivity index (χ2v) is 5.44. The number of amides is 1. The fourth-order valence-corrected chi connectivity index (χ4v) is 2.49. The van der Waals surface area contributed by atoms with E-state index in [-0.39, 0.29) is 11.9 Å². The maximum absolute atomic E-state index is 12.3. The molecule has 1 heterocycles. The minimum absolute atomic E-state index is 0.0334. The van der Waals surface area contributed by atoms with Crippen molar-refractivity contribution in [3.8, 4) is 0 Å². The third-order valence-electron chi connectivity index (χ3n) is 3.41. The number of nitrogens with zero attached hydrogens (tertiary/aromatic N) is 2. The molecule has 3 nitrogen and oxygen atoms in total. The van der Waals surface area contributed by atoms with Gasteiger partial charge in [0.2, 0.25) is 5.91 Å². The Balaban J connectivity index is 2.04. The van der Waals surface area contributed by atoms with Crippen molar-refractivity contribution >= 4 is 17.5 Å². The van der Waals surface area contributed by atoms with Crippen LogP contribution in [0.5, 0.6) is 0 Å². The van der Waals surface area contributed by atoms with Crippen molar-refractivity contribution in [2.75, 3.05) is 20.6 Å². The van der Waals surface area contributed by atoms with Gasteiger partial charge < -0.3 is 4.90 Å². The molecule has 0 aliphatic carbocycles. The van der Waals surface area contributed by atoms with Crippen LogP contribution in [0.4, 0.5) is 0 Å². The number of hydrogen-bond donors (Lipinski definition) is 0. The molecule has 4 heteroatoms. The van der Waals surface area contributed by atoms with Gasteiger partial charge in [-0.2, -0.15) is 0 Å². The average molecular weight is 267 g/mol.